The van der Waals surface area contributed by atoms with E-state index < -0.39 is 0 Å². The van der Waals surface area contributed by atoms with Crippen LogP contribution in [0.2, 0.25) is 0 Å². The molecule has 0 amide bonds. The highest BCUT2D eigenvalue weighted by Crippen LogP contribution is 2.23. The maximum Gasteiger partial charge on any atom is 0.343 e. The zero-order valence-corrected chi connectivity index (χ0v) is 14.2. The molecule has 0 aliphatic heterocycles. The van der Waals surface area contributed by atoms with Gasteiger partial charge in [-0.15, -0.1) is 0 Å². The van der Waals surface area contributed by atoms with Gasteiger partial charge in [-0.25, -0.2) is 4.79 Å². The van der Waals surface area contributed by atoms with Crippen LogP contribution in [0.25, 0.3) is 11.1 Å². The first-order valence-corrected chi connectivity index (χ1v) is 8.06. The van der Waals surface area contributed by atoms with Gasteiger partial charge in [-0.2, -0.15) is 0 Å². The van der Waals surface area contributed by atoms with E-state index in [1.165, 1.54) is 0 Å². The van der Waals surface area contributed by atoms with E-state index in [-0.39, 0.29) is 5.97 Å². The molecule has 0 aliphatic rings. The van der Waals surface area contributed by atoms with Crippen molar-refractivity contribution in [2.24, 2.45) is 0 Å². The molecule has 0 saturated heterocycles. The van der Waals surface area contributed by atoms with Crippen LogP contribution < -0.4 is 4.74 Å². The van der Waals surface area contributed by atoms with Gasteiger partial charge in [0.15, 0.2) is 0 Å². The Hall–Kier alpha value is -2.39. The van der Waals surface area contributed by atoms with Crippen molar-refractivity contribution in [3.05, 3.63) is 88.4 Å². The fraction of sp³-hybridized carbons (Fsp3) is 0.0500. The molecule has 0 saturated carbocycles. The molecule has 114 valence electrons. The summed E-state index contributed by atoms with van der Waals surface area (Å²) in [5, 5.41) is 0. The molecule has 2 nitrogen and oxygen atoms in total. The minimum absolute atomic E-state index is 0.363. The number of esters is 1. The van der Waals surface area contributed by atoms with Gasteiger partial charge in [0, 0.05) is 4.47 Å². The number of hydrogen-bond acceptors (Lipinski definition) is 2. The van der Waals surface area contributed by atoms with Crippen LogP contribution in [0.3, 0.4) is 0 Å². The Bertz CT molecular complexity index is 824. The van der Waals surface area contributed by atoms with Crippen molar-refractivity contribution in [2.45, 2.75) is 6.92 Å². The molecule has 3 aromatic carbocycles. The van der Waals surface area contributed by atoms with Gasteiger partial charge in [0.1, 0.15) is 5.75 Å². The molecule has 0 N–H and O–H groups in total. The molecule has 0 atom stereocenters. The van der Waals surface area contributed by atoms with Gasteiger partial charge in [0.05, 0.1) is 5.56 Å². The van der Waals surface area contributed by atoms with Crippen LogP contribution >= 0.6 is 15.9 Å². The standard InChI is InChI=1S/C20H15BrO2/c1-14-7-8-17(13-19(14)21)20(22)23-18-11-9-16(10-12-18)15-5-3-2-4-6-15/h2-13H,1H3. The molecule has 0 aliphatic carbocycles. The number of rotatable bonds is 3. The van der Waals surface area contributed by atoms with Crippen LogP contribution in [-0.2, 0) is 0 Å². The van der Waals surface area contributed by atoms with Crippen LogP contribution in [0.1, 0.15) is 15.9 Å². The normalized spacial score (nSPS) is 10.3. The van der Waals surface area contributed by atoms with Crippen molar-refractivity contribution in [2.75, 3.05) is 0 Å². The fourth-order valence-electron chi connectivity index (χ4n) is 2.23. The lowest BCUT2D eigenvalue weighted by Gasteiger charge is -2.07. The number of aryl methyl sites for hydroxylation is 1. The van der Waals surface area contributed by atoms with Gasteiger partial charge in [-0.1, -0.05) is 64.5 Å². The highest BCUT2D eigenvalue weighted by Gasteiger charge is 2.10. The van der Waals surface area contributed by atoms with E-state index in [0.717, 1.165) is 21.2 Å². The molecule has 3 aromatic rings. The third kappa shape index (κ3) is 3.69. The predicted octanol–water partition coefficient (Wildman–Crippen LogP) is 5.64. The fourth-order valence-corrected chi connectivity index (χ4v) is 2.61. The van der Waals surface area contributed by atoms with Crippen molar-refractivity contribution in [1.82, 2.24) is 0 Å². The quantitative estimate of drug-likeness (QED) is 0.442. The molecular formula is C20H15BrO2. The van der Waals surface area contributed by atoms with Crippen molar-refractivity contribution in [3.8, 4) is 16.9 Å². The monoisotopic (exact) mass is 366 g/mol. The van der Waals surface area contributed by atoms with Gasteiger partial charge in [0.25, 0.3) is 0 Å². The first-order valence-electron chi connectivity index (χ1n) is 7.27. The SMILES string of the molecule is Cc1ccc(C(=O)Oc2ccc(-c3ccccc3)cc2)cc1Br. The second-order valence-corrected chi connectivity index (χ2v) is 6.10. The van der Waals surface area contributed by atoms with Crippen molar-refractivity contribution in [3.63, 3.8) is 0 Å². The van der Waals surface area contributed by atoms with Gasteiger partial charge in [-0.3, -0.25) is 0 Å². The minimum Gasteiger partial charge on any atom is -0.423 e. The number of halogens is 1. The van der Waals surface area contributed by atoms with Crippen molar-refractivity contribution >= 4 is 21.9 Å². The average Bonchev–Trinajstić information content (AvgIpc) is 2.59. The lowest BCUT2D eigenvalue weighted by molar-refractivity contribution is 0.0734. The number of carbonyl (C=O) groups is 1. The van der Waals surface area contributed by atoms with Crippen LogP contribution in [0, 0.1) is 6.92 Å². The highest BCUT2D eigenvalue weighted by atomic mass is 79.9. The summed E-state index contributed by atoms with van der Waals surface area (Å²) in [6.45, 7) is 1.97. The Labute approximate surface area is 143 Å². The summed E-state index contributed by atoms with van der Waals surface area (Å²) >= 11 is 3.43. The summed E-state index contributed by atoms with van der Waals surface area (Å²) in [5.41, 5.74) is 3.82. The molecule has 0 unspecified atom stereocenters. The topological polar surface area (TPSA) is 26.3 Å². The summed E-state index contributed by atoms with van der Waals surface area (Å²) in [6, 6.07) is 23.0. The Kier molecular flexibility index (Phi) is 4.58. The molecule has 0 bridgehead atoms. The van der Waals surface area contributed by atoms with Crippen LogP contribution in [0.5, 0.6) is 5.75 Å². The maximum atomic E-state index is 12.2. The van der Waals surface area contributed by atoms with E-state index in [2.05, 4.69) is 15.9 Å². The lowest BCUT2D eigenvalue weighted by atomic mass is 10.1. The van der Waals surface area contributed by atoms with E-state index in [4.69, 9.17) is 4.74 Å². The molecule has 0 spiro atoms. The molecule has 0 aromatic heterocycles. The van der Waals surface area contributed by atoms with E-state index in [1.54, 1.807) is 12.1 Å². The number of benzene rings is 3. The second-order valence-electron chi connectivity index (χ2n) is 5.24. The van der Waals surface area contributed by atoms with E-state index in [1.807, 2.05) is 67.6 Å². The number of ether oxygens (including phenoxy) is 1. The predicted molar refractivity (Wildman–Crippen MR) is 95.7 cm³/mol. The van der Waals surface area contributed by atoms with Gasteiger partial charge < -0.3 is 4.74 Å². The Balaban J connectivity index is 1.75. The third-order valence-corrected chi connectivity index (χ3v) is 4.43. The highest BCUT2D eigenvalue weighted by molar-refractivity contribution is 9.10. The van der Waals surface area contributed by atoms with Crippen LogP contribution in [-0.4, -0.2) is 5.97 Å². The van der Waals surface area contributed by atoms with Crippen LogP contribution in [0.15, 0.2) is 77.3 Å². The Morgan fingerprint density at radius 1 is 0.870 bits per heavy atom. The van der Waals surface area contributed by atoms with Crippen LogP contribution in [0.4, 0.5) is 0 Å². The lowest BCUT2D eigenvalue weighted by Crippen LogP contribution is -2.08. The largest absolute Gasteiger partial charge is 0.423 e. The molecular weight excluding hydrogens is 352 g/mol. The molecule has 0 fully saturated rings. The van der Waals surface area contributed by atoms with E-state index in [9.17, 15) is 4.79 Å². The summed E-state index contributed by atoms with van der Waals surface area (Å²) in [7, 11) is 0. The Morgan fingerprint density at radius 3 is 2.17 bits per heavy atom. The summed E-state index contributed by atoms with van der Waals surface area (Å²) in [6.07, 6.45) is 0. The summed E-state index contributed by atoms with van der Waals surface area (Å²) in [4.78, 5) is 12.2. The smallest absolute Gasteiger partial charge is 0.343 e. The van der Waals surface area contributed by atoms with Gasteiger partial charge in [-0.05, 0) is 47.9 Å². The Morgan fingerprint density at radius 2 is 1.52 bits per heavy atom. The molecule has 0 heterocycles. The average molecular weight is 367 g/mol. The zero-order valence-electron chi connectivity index (χ0n) is 12.6. The van der Waals surface area contributed by atoms with Crippen molar-refractivity contribution in [1.29, 1.82) is 0 Å². The molecule has 3 heteroatoms. The maximum absolute atomic E-state index is 12.2. The summed E-state index contributed by atoms with van der Waals surface area (Å²) < 4.78 is 6.32. The minimum atomic E-state index is -0.363. The van der Waals surface area contributed by atoms with Gasteiger partial charge >= 0.3 is 5.97 Å². The number of hydrogen-bond donors (Lipinski definition) is 0. The van der Waals surface area contributed by atoms with E-state index in [0.29, 0.717) is 11.3 Å². The first kappa shape index (κ1) is 15.5. The number of carbonyl (C=O) groups excluding carboxylic acids is 1. The van der Waals surface area contributed by atoms with Gasteiger partial charge in [0.2, 0.25) is 0 Å². The zero-order chi connectivity index (χ0) is 16.2. The summed E-state index contributed by atoms with van der Waals surface area (Å²) in [5.74, 6) is 0.171. The molecule has 23 heavy (non-hydrogen) atoms. The first-order chi connectivity index (χ1) is 11.1. The molecule has 0 radical (unpaired) electrons. The third-order valence-electron chi connectivity index (χ3n) is 3.58. The second kappa shape index (κ2) is 6.80. The van der Waals surface area contributed by atoms with Crippen molar-refractivity contribution < 1.29 is 9.53 Å². The molecule has 3 rings (SSSR count). The van der Waals surface area contributed by atoms with E-state index >= 15 is 0 Å².